The Morgan fingerprint density at radius 3 is 2.70 bits per heavy atom. The van der Waals surface area contributed by atoms with E-state index in [-0.39, 0.29) is 11.3 Å². The number of rotatable bonds is 5. The molecule has 0 unspecified atom stereocenters. The Balaban J connectivity index is 2.11. The number of nitro groups is 1. The fourth-order valence-electron chi connectivity index (χ4n) is 2.51. The second-order valence-corrected chi connectivity index (χ2v) is 4.99. The molecule has 4 N–H and O–H groups in total. The Hall–Kier alpha value is -2.15. The Bertz CT molecular complexity index is 512. The molecule has 1 aliphatic carbocycles. The van der Waals surface area contributed by atoms with E-state index in [2.05, 4.69) is 10.7 Å². The first kappa shape index (κ1) is 14.3. The summed E-state index contributed by atoms with van der Waals surface area (Å²) in [7, 11) is 0. The first-order chi connectivity index (χ1) is 9.61. The predicted molar refractivity (Wildman–Crippen MR) is 75.2 cm³/mol. The molecule has 1 fully saturated rings. The van der Waals surface area contributed by atoms with Gasteiger partial charge in [-0.25, -0.2) is 0 Å². The van der Waals surface area contributed by atoms with Crippen molar-refractivity contribution in [1.29, 1.82) is 0 Å². The van der Waals surface area contributed by atoms with E-state index in [0.717, 1.165) is 12.8 Å². The number of carbonyl (C=O) groups is 1. The number of nitrogens with two attached hydrogens (primary N) is 1. The van der Waals surface area contributed by atoms with Gasteiger partial charge in [-0.15, -0.1) is 0 Å². The van der Waals surface area contributed by atoms with Crippen LogP contribution in [0, 0.1) is 16.0 Å². The first-order valence-electron chi connectivity index (χ1n) is 6.65. The molecule has 0 saturated heterocycles. The molecule has 108 valence electrons. The molecule has 20 heavy (non-hydrogen) atoms. The van der Waals surface area contributed by atoms with Crippen molar-refractivity contribution in [2.45, 2.75) is 25.7 Å². The topological polar surface area (TPSA) is 110 Å². The van der Waals surface area contributed by atoms with Crippen LogP contribution in [-0.2, 0) is 0 Å². The highest BCUT2D eigenvalue weighted by molar-refractivity contribution is 5.99. The zero-order valence-electron chi connectivity index (χ0n) is 11.1. The summed E-state index contributed by atoms with van der Waals surface area (Å²) in [6, 6.07) is 4.13. The van der Waals surface area contributed by atoms with Crippen molar-refractivity contribution in [3.8, 4) is 0 Å². The number of hydrogen-bond acceptors (Lipinski definition) is 5. The molecular formula is C13H18N4O3. The molecular weight excluding hydrogens is 260 g/mol. The van der Waals surface area contributed by atoms with E-state index in [1.807, 2.05) is 0 Å². The van der Waals surface area contributed by atoms with E-state index in [1.165, 1.54) is 31.0 Å². The normalized spacial score (nSPS) is 15.1. The second kappa shape index (κ2) is 6.33. The van der Waals surface area contributed by atoms with Gasteiger partial charge in [0.15, 0.2) is 0 Å². The highest BCUT2D eigenvalue weighted by Gasteiger charge is 2.22. The average Bonchev–Trinajstić information content (AvgIpc) is 2.97. The minimum absolute atomic E-state index is 0.0310. The largest absolute Gasteiger partial charge is 0.352 e. The number of nitrogens with one attached hydrogen (secondary N) is 2. The maximum absolute atomic E-state index is 12.1. The lowest BCUT2D eigenvalue weighted by Gasteiger charge is -2.11. The van der Waals surface area contributed by atoms with Gasteiger partial charge in [0.1, 0.15) is 5.56 Å². The van der Waals surface area contributed by atoms with Crippen molar-refractivity contribution < 1.29 is 9.72 Å². The standard InChI is InChI=1S/C13H18N4O3/c14-16-10-5-6-12(17(19)20)11(7-10)13(18)15-8-9-3-1-2-4-9/h5-7,9,16H,1-4,8,14H2,(H,15,18). The molecule has 0 bridgehead atoms. The Morgan fingerprint density at radius 2 is 2.10 bits per heavy atom. The number of carbonyl (C=O) groups excluding carboxylic acids is 1. The summed E-state index contributed by atoms with van der Waals surface area (Å²) in [5, 5.41) is 13.7. The van der Waals surface area contributed by atoms with Crippen LogP contribution in [0.5, 0.6) is 0 Å². The van der Waals surface area contributed by atoms with Crippen LogP contribution in [0.2, 0.25) is 0 Å². The fourth-order valence-corrected chi connectivity index (χ4v) is 2.51. The van der Waals surface area contributed by atoms with E-state index in [4.69, 9.17) is 5.84 Å². The van der Waals surface area contributed by atoms with Crippen LogP contribution >= 0.6 is 0 Å². The van der Waals surface area contributed by atoms with Crippen LogP contribution in [-0.4, -0.2) is 17.4 Å². The Labute approximate surface area is 116 Å². The van der Waals surface area contributed by atoms with Gasteiger partial charge in [0.2, 0.25) is 0 Å². The minimum atomic E-state index is -0.565. The highest BCUT2D eigenvalue weighted by atomic mass is 16.6. The van der Waals surface area contributed by atoms with Gasteiger partial charge in [-0.05, 0) is 30.9 Å². The van der Waals surface area contributed by atoms with Crippen molar-refractivity contribution in [2.75, 3.05) is 12.0 Å². The predicted octanol–water partition coefficient (Wildman–Crippen LogP) is 1.80. The summed E-state index contributed by atoms with van der Waals surface area (Å²) in [4.78, 5) is 22.5. The van der Waals surface area contributed by atoms with Crippen molar-refractivity contribution in [1.82, 2.24) is 5.32 Å². The maximum Gasteiger partial charge on any atom is 0.282 e. The molecule has 7 heteroatoms. The summed E-state index contributed by atoms with van der Waals surface area (Å²) in [5.74, 6) is 5.32. The zero-order valence-corrected chi connectivity index (χ0v) is 11.1. The summed E-state index contributed by atoms with van der Waals surface area (Å²) in [6.07, 6.45) is 4.58. The van der Waals surface area contributed by atoms with Crippen LogP contribution < -0.4 is 16.6 Å². The summed E-state index contributed by atoms with van der Waals surface area (Å²) in [6.45, 7) is 0.566. The molecule has 1 aromatic carbocycles. The molecule has 1 aliphatic rings. The van der Waals surface area contributed by atoms with Crippen LogP contribution in [0.1, 0.15) is 36.0 Å². The smallest absolute Gasteiger partial charge is 0.282 e. The van der Waals surface area contributed by atoms with Gasteiger partial charge in [0.05, 0.1) is 4.92 Å². The van der Waals surface area contributed by atoms with Gasteiger partial charge in [0.25, 0.3) is 11.6 Å². The SMILES string of the molecule is NNc1ccc([N+](=O)[O-])c(C(=O)NCC2CCCC2)c1. The van der Waals surface area contributed by atoms with Crippen LogP contribution in [0.25, 0.3) is 0 Å². The summed E-state index contributed by atoms with van der Waals surface area (Å²) >= 11 is 0. The molecule has 1 amide bonds. The Morgan fingerprint density at radius 1 is 1.40 bits per heavy atom. The third-order valence-electron chi connectivity index (χ3n) is 3.63. The van der Waals surface area contributed by atoms with Crippen molar-refractivity contribution in [3.63, 3.8) is 0 Å². The van der Waals surface area contributed by atoms with Crippen molar-refractivity contribution in [2.24, 2.45) is 11.8 Å². The number of hydrogen-bond donors (Lipinski definition) is 3. The minimum Gasteiger partial charge on any atom is -0.352 e. The van der Waals surface area contributed by atoms with Crippen LogP contribution in [0.15, 0.2) is 18.2 Å². The molecule has 0 radical (unpaired) electrons. The molecule has 1 saturated carbocycles. The lowest BCUT2D eigenvalue weighted by atomic mass is 10.1. The number of hydrazine groups is 1. The molecule has 1 aromatic rings. The second-order valence-electron chi connectivity index (χ2n) is 4.99. The van der Waals surface area contributed by atoms with Gasteiger partial charge >= 0.3 is 0 Å². The third-order valence-corrected chi connectivity index (χ3v) is 3.63. The van der Waals surface area contributed by atoms with E-state index in [9.17, 15) is 14.9 Å². The maximum atomic E-state index is 12.1. The van der Waals surface area contributed by atoms with Gasteiger partial charge < -0.3 is 10.7 Å². The third kappa shape index (κ3) is 3.24. The molecule has 0 aliphatic heterocycles. The van der Waals surface area contributed by atoms with Crippen LogP contribution in [0.4, 0.5) is 11.4 Å². The van der Waals surface area contributed by atoms with E-state index >= 15 is 0 Å². The lowest BCUT2D eigenvalue weighted by Crippen LogP contribution is -2.29. The molecule has 2 rings (SSSR count). The summed E-state index contributed by atoms with van der Waals surface area (Å²) < 4.78 is 0. The zero-order chi connectivity index (χ0) is 14.5. The molecule has 0 aromatic heterocycles. The molecule has 0 spiro atoms. The molecule has 7 nitrogen and oxygen atoms in total. The van der Waals surface area contributed by atoms with E-state index in [0.29, 0.717) is 18.2 Å². The van der Waals surface area contributed by atoms with Crippen LogP contribution in [0.3, 0.4) is 0 Å². The summed E-state index contributed by atoms with van der Waals surface area (Å²) in [5.41, 5.74) is 2.66. The Kier molecular flexibility index (Phi) is 4.52. The first-order valence-corrected chi connectivity index (χ1v) is 6.65. The molecule has 0 heterocycles. The van der Waals surface area contributed by atoms with Crippen molar-refractivity contribution >= 4 is 17.3 Å². The monoisotopic (exact) mass is 278 g/mol. The molecule has 0 atom stereocenters. The quantitative estimate of drug-likeness (QED) is 0.432. The van der Waals surface area contributed by atoms with Crippen molar-refractivity contribution in [3.05, 3.63) is 33.9 Å². The lowest BCUT2D eigenvalue weighted by molar-refractivity contribution is -0.385. The van der Waals surface area contributed by atoms with Gasteiger partial charge in [-0.2, -0.15) is 0 Å². The van der Waals surface area contributed by atoms with Gasteiger partial charge in [-0.3, -0.25) is 20.8 Å². The number of benzene rings is 1. The van der Waals surface area contributed by atoms with E-state index < -0.39 is 10.8 Å². The number of nitro benzene ring substituents is 1. The highest BCUT2D eigenvalue weighted by Crippen LogP contribution is 2.25. The van der Waals surface area contributed by atoms with Gasteiger partial charge in [0, 0.05) is 18.3 Å². The number of amides is 1. The van der Waals surface area contributed by atoms with Gasteiger partial charge in [-0.1, -0.05) is 12.8 Å². The average molecular weight is 278 g/mol. The number of anilines is 1. The number of nitrogens with zero attached hydrogens (tertiary/aromatic N) is 1. The number of nitrogen functional groups attached to an aromatic ring is 1. The van der Waals surface area contributed by atoms with E-state index in [1.54, 1.807) is 0 Å². The fraction of sp³-hybridized carbons (Fsp3) is 0.462.